The van der Waals surface area contributed by atoms with Crippen molar-refractivity contribution in [3.8, 4) is 5.75 Å². The average Bonchev–Trinajstić information content (AvgIpc) is 2.36. The van der Waals surface area contributed by atoms with E-state index in [0.717, 1.165) is 16.7 Å². The summed E-state index contributed by atoms with van der Waals surface area (Å²) in [6.45, 7) is 4.33. The Balaban J connectivity index is 2.12. The van der Waals surface area contributed by atoms with E-state index in [9.17, 15) is 9.18 Å². The summed E-state index contributed by atoms with van der Waals surface area (Å²) < 4.78 is 19.1. The number of aryl methyl sites for hydroxylation is 2. The van der Waals surface area contributed by atoms with Crippen molar-refractivity contribution in [3.63, 3.8) is 0 Å². The summed E-state index contributed by atoms with van der Waals surface area (Å²) in [6, 6.07) is 10.3. The fourth-order valence-electron chi connectivity index (χ4n) is 2.02. The molecule has 0 atom stereocenters. The Kier molecular flexibility index (Phi) is 3.95. The smallest absolute Gasteiger partial charge is 0.165 e. The first-order valence-electron chi connectivity index (χ1n) is 6.03. The summed E-state index contributed by atoms with van der Waals surface area (Å²) in [5.41, 5.74) is 3.60. The second kappa shape index (κ2) is 5.65. The molecule has 0 heterocycles. The molecule has 0 fully saturated rings. The Morgan fingerprint density at radius 1 is 1.11 bits per heavy atom. The van der Waals surface area contributed by atoms with E-state index in [2.05, 4.69) is 6.07 Å². The third kappa shape index (κ3) is 3.41. The molecule has 0 aliphatic carbocycles. The SMILES string of the molecule is Cc1cc(C)cc(COc2ccc(C=O)cc2F)c1. The summed E-state index contributed by atoms with van der Waals surface area (Å²) >= 11 is 0. The molecule has 0 amide bonds. The van der Waals surface area contributed by atoms with Gasteiger partial charge in [0.2, 0.25) is 0 Å². The minimum atomic E-state index is -0.519. The topological polar surface area (TPSA) is 26.3 Å². The fraction of sp³-hybridized carbons (Fsp3) is 0.188. The minimum absolute atomic E-state index is 0.157. The number of halogens is 1. The van der Waals surface area contributed by atoms with Gasteiger partial charge < -0.3 is 4.74 Å². The molecule has 0 N–H and O–H groups in total. The zero-order valence-corrected chi connectivity index (χ0v) is 10.9. The lowest BCUT2D eigenvalue weighted by Gasteiger charge is -2.09. The van der Waals surface area contributed by atoms with E-state index in [-0.39, 0.29) is 5.75 Å². The van der Waals surface area contributed by atoms with Gasteiger partial charge in [-0.2, -0.15) is 0 Å². The Morgan fingerprint density at radius 3 is 2.37 bits per heavy atom. The highest BCUT2D eigenvalue weighted by Crippen LogP contribution is 2.19. The van der Waals surface area contributed by atoms with E-state index in [0.29, 0.717) is 18.5 Å². The van der Waals surface area contributed by atoms with Crippen molar-refractivity contribution in [2.24, 2.45) is 0 Å². The zero-order chi connectivity index (χ0) is 13.8. The maximum absolute atomic E-state index is 13.6. The lowest BCUT2D eigenvalue weighted by atomic mass is 10.1. The highest BCUT2D eigenvalue weighted by atomic mass is 19.1. The van der Waals surface area contributed by atoms with Crippen LogP contribution in [0.4, 0.5) is 4.39 Å². The van der Waals surface area contributed by atoms with Crippen LogP contribution in [0.1, 0.15) is 27.0 Å². The number of rotatable bonds is 4. The summed E-state index contributed by atoms with van der Waals surface area (Å²) in [5, 5.41) is 0. The lowest BCUT2D eigenvalue weighted by Crippen LogP contribution is -1.99. The van der Waals surface area contributed by atoms with Gasteiger partial charge in [-0.05, 0) is 37.6 Å². The van der Waals surface area contributed by atoms with Crippen LogP contribution in [0.3, 0.4) is 0 Å². The van der Waals surface area contributed by atoms with Gasteiger partial charge in [0.25, 0.3) is 0 Å². The number of carbonyl (C=O) groups excluding carboxylic acids is 1. The van der Waals surface area contributed by atoms with E-state index in [1.807, 2.05) is 26.0 Å². The van der Waals surface area contributed by atoms with Gasteiger partial charge in [-0.15, -0.1) is 0 Å². The van der Waals surface area contributed by atoms with Crippen molar-refractivity contribution in [3.05, 3.63) is 64.5 Å². The van der Waals surface area contributed by atoms with E-state index in [4.69, 9.17) is 4.74 Å². The molecule has 2 aromatic carbocycles. The van der Waals surface area contributed by atoms with Crippen molar-refractivity contribution in [2.45, 2.75) is 20.5 Å². The Labute approximate surface area is 111 Å². The number of aldehydes is 1. The van der Waals surface area contributed by atoms with Gasteiger partial charge >= 0.3 is 0 Å². The van der Waals surface area contributed by atoms with Crippen LogP contribution in [0.5, 0.6) is 5.75 Å². The van der Waals surface area contributed by atoms with Gasteiger partial charge in [0.15, 0.2) is 11.6 Å². The second-order valence-electron chi connectivity index (χ2n) is 4.59. The Hall–Kier alpha value is -2.16. The van der Waals surface area contributed by atoms with Crippen LogP contribution >= 0.6 is 0 Å². The molecule has 0 aromatic heterocycles. The molecule has 0 aliphatic heterocycles. The van der Waals surface area contributed by atoms with Crippen molar-refractivity contribution in [2.75, 3.05) is 0 Å². The van der Waals surface area contributed by atoms with E-state index < -0.39 is 5.82 Å². The molecular weight excluding hydrogens is 243 g/mol. The molecule has 19 heavy (non-hydrogen) atoms. The van der Waals surface area contributed by atoms with Crippen LogP contribution in [0.2, 0.25) is 0 Å². The van der Waals surface area contributed by atoms with Gasteiger partial charge in [-0.3, -0.25) is 4.79 Å². The van der Waals surface area contributed by atoms with E-state index in [1.165, 1.54) is 18.2 Å². The van der Waals surface area contributed by atoms with Crippen LogP contribution in [0, 0.1) is 19.7 Å². The lowest BCUT2D eigenvalue weighted by molar-refractivity contribution is 0.112. The number of hydrogen-bond acceptors (Lipinski definition) is 2. The minimum Gasteiger partial charge on any atom is -0.486 e. The van der Waals surface area contributed by atoms with Crippen LogP contribution in [-0.4, -0.2) is 6.29 Å². The number of benzene rings is 2. The summed E-state index contributed by atoms with van der Waals surface area (Å²) in [5.74, 6) is -0.362. The first kappa shape index (κ1) is 13.3. The molecule has 3 heteroatoms. The normalized spacial score (nSPS) is 10.3. The standard InChI is InChI=1S/C16H15FO2/c1-11-5-12(2)7-14(6-11)10-19-16-4-3-13(9-18)8-15(16)17/h3-9H,10H2,1-2H3. The summed E-state index contributed by atoms with van der Waals surface area (Å²) in [7, 11) is 0. The third-order valence-electron chi connectivity index (χ3n) is 2.77. The zero-order valence-electron chi connectivity index (χ0n) is 10.9. The number of ether oxygens (including phenoxy) is 1. The van der Waals surface area contributed by atoms with Crippen LogP contribution in [-0.2, 0) is 6.61 Å². The highest BCUT2D eigenvalue weighted by Gasteiger charge is 2.05. The predicted molar refractivity (Wildman–Crippen MR) is 72.0 cm³/mol. The first-order chi connectivity index (χ1) is 9.08. The van der Waals surface area contributed by atoms with Gasteiger partial charge in [0.1, 0.15) is 12.9 Å². The second-order valence-corrected chi connectivity index (χ2v) is 4.59. The highest BCUT2D eigenvalue weighted by molar-refractivity contribution is 5.74. The predicted octanol–water partition coefficient (Wildman–Crippen LogP) is 3.83. The molecule has 0 bridgehead atoms. The Morgan fingerprint density at radius 2 is 1.79 bits per heavy atom. The fourth-order valence-corrected chi connectivity index (χ4v) is 2.02. The molecule has 2 rings (SSSR count). The maximum Gasteiger partial charge on any atom is 0.165 e. The van der Waals surface area contributed by atoms with Gasteiger partial charge in [0.05, 0.1) is 0 Å². The maximum atomic E-state index is 13.6. The Bertz CT molecular complexity index is 585. The monoisotopic (exact) mass is 258 g/mol. The molecule has 0 radical (unpaired) electrons. The van der Waals surface area contributed by atoms with Crippen molar-refractivity contribution in [1.29, 1.82) is 0 Å². The van der Waals surface area contributed by atoms with Crippen molar-refractivity contribution in [1.82, 2.24) is 0 Å². The molecule has 2 aromatic rings. The number of hydrogen-bond donors (Lipinski definition) is 0. The van der Waals surface area contributed by atoms with Gasteiger partial charge in [0, 0.05) is 5.56 Å². The molecule has 0 saturated heterocycles. The summed E-state index contributed by atoms with van der Waals surface area (Å²) in [4.78, 5) is 10.5. The molecule has 0 saturated carbocycles. The largest absolute Gasteiger partial charge is 0.486 e. The van der Waals surface area contributed by atoms with Crippen LogP contribution in [0.25, 0.3) is 0 Å². The van der Waals surface area contributed by atoms with Gasteiger partial charge in [-0.1, -0.05) is 29.3 Å². The van der Waals surface area contributed by atoms with Crippen LogP contribution in [0.15, 0.2) is 36.4 Å². The molecular formula is C16H15FO2. The van der Waals surface area contributed by atoms with Gasteiger partial charge in [-0.25, -0.2) is 4.39 Å². The molecule has 0 spiro atoms. The molecule has 0 aliphatic rings. The van der Waals surface area contributed by atoms with Crippen molar-refractivity contribution < 1.29 is 13.9 Å². The molecule has 98 valence electrons. The molecule has 0 unspecified atom stereocenters. The van der Waals surface area contributed by atoms with E-state index >= 15 is 0 Å². The summed E-state index contributed by atoms with van der Waals surface area (Å²) in [6.07, 6.45) is 0.608. The molecule has 2 nitrogen and oxygen atoms in total. The van der Waals surface area contributed by atoms with Crippen LogP contribution < -0.4 is 4.74 Å². The van der Waals surface area contributed by atoms with Crippen molar-refractivity contribution >= 4 is 6.29 Å². The quantitative estimate of drug-likeness (QED) is 0.779. The average molecular weight is 258 g/mol. The third-order valence-corrected chi connectivity index (χ3v) is 2.77. The number of carbonyl (C=O) groups is 1. The first-order valence-corrected chi connectivity index (χ1v) is 6.03. The van der Waals surface area contributed by atoms with E-state index in [1.54, 1.807) is 0 Å².